The Labute approximate surface area is 86.3 Å². The molecule has 1 N–H and O–H groups in total. The van der Waals surface area contributed by atoms with Gasteiger partial charge in [-0.3, -0.25) is 4.79 Å². The van der Waals surface area contributed by atoms with Crippen LogP contribution in [0.4, 0.5) is 0 Å². The van der Waals surface area contributed by atoms with E-state index in [0.717, 1.165) is 31.2 Å². The van der Waals surface area contributed by atoms with E-state index in [0.29, 0.717) is 10.9 Å². The molecule has 1 aromatic rings. The lowest BCUT2D eigenvalue weighted by atomic mass is 10.2. The van der Waals surface area contributed by atoms with Crippen LogP contribution in [-0.4, -0.2) is 46.1 Å². The topological polar surface area (TPSA) is 58.1 Å². The zero-order valence-corrected chi connectivity index (χ0v) is 8.75. The lowest BCUT2D eigenvalue weighted by Gasteiger charge is -2.31. The molecule has 2 rings (SSSR count). The third-order valence-electron chi connectivity index (χ3n) is 2.23. The number of carbonyl (C=O) groups is 1. The molecule has 0 bridgehead atoms. The van der Waals surface area contributed by atoms with Crippen molar-refractivity contribution in [3.63, 3.8) is 0 Å². The van der Waals surface area contributed by atoms with E-state index >= 15 is 0 Å². The van der Waals surface area contributed by atoms with Gasteiger partial charge in [0.25, 0.3) is 5.91 Å². The standard InChI is InChI=1S/C8H12N4OS/c1-6-5-12(3-2-9-6)8(13)7-4-10-11-14-7/h4,6,9H,2-3,5H2,1H3/t6-/m0/s1. The Morgan fingerprint density at radius 1 is 1.79 bits per heavy atom. The van der Waals surface area contributed by atoms with Crippen LogP contribution in [0.1, 0.15) is 16.6 Å². The average Bonchev–Trinajstić information content (AvgIpc) is 2.69. The van der Waals surface area contributed by atoms with E-state index in [2.05, 4.69) is 21.8 Å². The van der Waals surface area contributed by atoms with Gasteiger partial charge >= 0.3 is 0 Å². The van der Waals surface area contributed by atoms with Crippen molar-refractivity contribution in [3.8, 4) is 0 Å². The van der Waals surface area contributed by atoms with Gasteiger partial charge in [0.2, 0.25) is 0 Å². The molecular formula is C8H12N4OS. The fourth-order valence-corrected chi connectivity index (χ4v) is 2.02. The van der Waals surface area contributed by atoms with E-state index in [1.807, 2.05) is 4.90 Å². The fraction of sp³-hybridized carbons (Fsp3) is 0.625. The number of nitrogens with one attached hydrogen (secondary N) is 1. The maximum Gasteiger partial charge on any atom is 0.267 e. The summed E-state index contributed by atoms with van der Waals surface area (Å²) in [6, 6.07) is 0.369. The van der Waals surface area contributed by atoms with E-state index in [9.17, 15) is 4.79 Å². The molecule has 0 spiro atoms. The van der Waals surface area contributed by atoms with Gasteiger partial charge in [0, 0.05) is 25.7 Å². The summed E-state index contributed by atoms with van der Waals surface area (Å²) in [5.41, 5.74) is 0. The second kappa shape index (κ2) is 4.02. The molecule has 2 heterocycles. The lowest BCUT2D eigenvalue weighted by Crippen LogP contribution is -2.51. The van der Waals surface area contributed by atoms with Gasteiger partial charge in [-0.25, -0.2) is 0 Å². The highest BCUT2D eigenvalue weighted by Gasteiger charge is 2.22. The van der Waals surface area contributed by atoms with Gasteiger partial charge in [-0.05, 0) is 18.5 Å². The molecule has 1 atom stereocenters. The highest BCUT2D eigenvalue weighted by molar-refractivity contribution is 7.07. The van der Waals surface area contributed by atoms with Crippen LogP contribution in [0.5, 0.6) is 0 Å². The number of nitrogens with zero attached hydrogens (tertiary/aromatic N) is 3. The van der Waals surface area contributed by atoms with E-state index in [-0.39, 0.29) is 5.91 Å². The monoisotopic (exact) mass is 212 g/mol. The van der Waals surface area contributed by atoms with Crippen molar-refractivity contribution in [3.05, 3.63) is 11.1 Å². The first-order valence-corrected chi connectivity index (χ1v) is 5.34. The molecule has 6 heteroatoms. The van der Waals surface area contributed by atoms with Crippen LogP contribution >= 0.6 is 11.5 Å². The van der Waals surface area contributed by atoms with Crippen LogP contribution < -0.4 is 5.32 Å². The molecule has 1 aliphatic rings. The average molecular weight is 212 g/mol. The zero-order valence-electron chi connectivity index (χ0n) is 7.93. The van der Waals surface area contributed by atoms with Gasteiger partial charge in [-0.2, -0.15) is 0 Å². The van der Waals surface area contributed by atoms with Crippen LogP contribution in [0.2, 0.25) is 0 Å². The van der Waals surface area contributed by atoms with E-state index < -0.39 is 0 Å². The second-order valence-corrected chi connectivity index (χ2v) is 4.17. The predicted molar refractivity (Wildman–Crippen MR) is 53.3 cm³/mol. The molecule has 0 radical (unpaired) electrons. The number of carbonyl (C=O) groups excluding carboxylic acids is 1. The van der Waals surface area contributed by atoms with E-state index in [4.69, 9.17) is 0 Å². The fourth-order valence-electron chi connectivity index (χ4n) is 1.53. The summed E-state index contributed by atoms with van der Waals surface area (Å²) in [6.45, 7) is 4.46. The summed E-state index contributed by atoms with van der Waals surface area (Å²) >= 11 is 1.15. The Hall–Kier alpha value is -1.01. The van der Waals surface area contributed by atoms with Crippen molar-refractivity contribution in [1.82, 2.24) is 19.8 Å². The van der Waals surface area contributed by atoms with Crippen LogP contribution in [0, 0.1) is 0 Å². The molecule has 1 saturated heterocycles. The summed E-state index contributed by atoms with van der Waals surface area (Å²) in [5, 5.41) is 6.95. The third kappa shape index (κ3) is 1.91. The first kappa shape index (κ1) is 9.54. The van der Waals surface area contributed by atoms with Crippen molar-refractivity contribution in [2.24, 2.45) is 0 Å². The Kier molecular flexibility index (Phi) is 2.74. The first-order valence-electron chi connectivity index (χ1n) is 4.57. The van der Waals surface area contributed by atoms with Crippen molar-refractivity contribution in [2.75, 3.05) is 19.6 Å². The van der Waals surface area contributed by atoms with Gasteiger partial charge < -0.3 is 10.2 Å². The molecule has 0 aromatic carbocycles. The van der Waals surface area contributed by atoms with Crippen LogP contribution in [0.15, 0.2) is 6.20 Å². The highest BCUT2D eigenvalue weighted by atomic mass is 32.1. The highest BCUT2D eigenvalue weighted by Crippen LogP contribution is 2.09. The number of hydrogen-bond acceptors (Lipinski definition) is 5. The van der Waals surface area contributed by atoms with Gasteiger partial charge in [-0.15, -0.1) is 5.10 Å². The third-order valence-corrected chi connectivity index (χ3v) is 2.88. The summed E-state index contributed by atoms with van der Waals surface area (Å²) < 4.78 is 3.69. The van der Waals surface area contributed by atoms with Gasteiger partial charge in [0.1, 0.15) is 4.88 Å². The molecule has 0 unspecified atom stereocenters. The molecule has 0 aliphatic carbocycles. The molecule has 1 aliphatic heterocycles. The summed E-state index contributed by atoms with van der Waals surface area (Å²) in [5.74, 6) is 0.0494. The number of amides is 1. The Bertz CT molecular complexity index is 313. The molecule has 1 aromatic heterocycles. The summed E-state index contributed by atoms with van der Waals surface area (Å²) in [7, 11) is 0. The SMILES string of the molecule is C[C@H]1CN(C(=O)c2cnns2)CCN1. The van der Waals surface area contributed by atoms with Gasteiger partial charge in [0.05, 0.1) is 6.20 Å². The molecule has 0 saturated carbocycles. The quantitative estimate of drug-likeness (QED) is 0.710. The first-order chi connectivity index (χ1) is 6.77. The minimum absolute atomic E-state index is 0.0494. The normalized spacial score (nSPS) is 22.4. The maximum atomic E-state index is 11.8. The van der Waals surface area contributed by atoms with E-state index in [1.165, 1.54) is 6.20 Å². The number of rotatable bonds is 1. The number of piperazine rings is 1. The molecule has 1 fully saturated rings. The Morgan fingerprint density at radius 2 is 2.64 bits per heavy atom. The van der Waals surface area contributed by atoms with Crippen molar-refractivity contribution < 1.29 is 4.79 Å². The zero-order chi connectivity index (χ0) is 9.97. The molecule has 76 valence electrons. The van der Waals surface area contributed by atoms with Crippen molar-refractivity contribution >= 4 is 17.4 Å². The second-order valence-electron chi connectivity index (χ2n) is 3.39. The molecule has 5 nitrogen and oxygen atoms in total. The predicted octanol–water partition coefficient (Wildman–Crippen LogP) is -0.0280. The van der Waals surface area contributed by atoms with Crippen LogP contribution in [0.25, 0.3) is 0 Å². The van der Waals surface area contributed by atoms with Crippen molar-refractivity contribution in [1.29, 1.82) is 0 Å². The maximum absolute atomic E-state index is 11.8. The van der Waals surface area contributed by atoms with Gasteiger partial charge in [0.15, 0.2) is 0 Å². The van der Waals surface area contributed by atoms with Crippen LogP contribution in [-0.2, 0) is 0 Å². The summed E-state index contributed by atoms with van der Waals surface area (Å²) in [4.78, 5) is 14.3. The minimum atomic E-state index is 0.0494. The lowest BCUT2D eigenvalue weighted by molar-refractivity contribution is 0.0714. The molecule has 14 heavy (non-hydrogen) atoms. The molecular weight excluding hydrogens is 200 g/mol. The Morgan fingerprint density at radius 3 is 3.29 bits per heavy atom. The largest absolute Gasteiger partial charge is 0.335 e. The Balaban J connectivity index is 2.04. The summed E-state index contributed by atoms with van der Waals surface area (Å²) in [6.07, 6.45) is 1.53. The number of hydrogen-bond donors (Lipinski definition) is 1. The van der Waals surface area contributed by atoms with Gasteiger partial charge in [-0.1, -0.05) is 4.49 Å². The van der Waals surface area contributed by atoms with E-state index in [1.54, 1.807) is 0 Å². The minimum Gasteiger partial charge on any atom is -0.335 e. The van der Waals surface area contributed by atoms with Crippen molar-refractivity contribution in [2.45, 2.75) is 13.0 Å². The van der Waals surface area contributed by atoms with Crippen LogP contribution in [0.3, 0.4) is 0 Å². The molecule has 1 amide bonds. The number of aromatic nitrogens is 2. The smallest absolute Gasteiger partial charge is 0.267 e.